The van der Waals surface area contributed by atoms with Crippen molar-refractivity contribution in [3.8, 4) is 0 Å². The molecule has 0 aliphatic heterocycles. The average Bonchev–Trinajstić information content (AvgIpc) is 2.47. The van der Waals surface area contributed by atoms with Gasteiger partial charge in [-0.05, 0) is 44.3 Å². The number of allylic oxidation sites excluding steroid dienone is 3. The third-order valence-electron chi connectivity index (χ3n) is 2.70. The smallest absolute Gasteiger partial charge is 0.0721 e. The summed E-state index contributed by atoms with van der Waals surface area (Å²) in [5.74, 6) is 0.652. The second-order valence-electron chi connectivity index (χ2n) is 4.59. The molecule has 1 nitrogen and oxygen atoms in total. The number of halogens is 1. The number of hydrogen-bond acceptors (Lipinski definition) is 1. The maximum atomic E-state index is 5.54. The van der Waals surface area contributed by atoms with Crippen LogP contribution in [0.2, 0.25) is 0 Å². The normalized spacial score (nSPS) is 11.1. The number of hydrogen-bond donors (Lipinski definition) is 0. The number of rotatable bonds is 13. The highest BCUT2D eigenvalue weighted by molar-refractivity contribution is 6.17. The van der Waals surface area contributed by atoms with Gasteiger partial charge in [-0.2, -0.15) is 0 Å². The van der Waals surface area contributed by atoms with Crippen LogP contribution in [-0.4, -0.2) is 19.1 Å². The zero-order valence-electron chi connectivity index (χ0n) is 12.8. The molecule has 0 aromatic carbocycles. The summed E-state index contributed by atoms with van der Waals surface area (Å²) in [5.41, 5.74) is 3.04. The van der Waals surface area contributed by atoms with Gasteiger partial charge < -0.3 is 4.74 Å². The summed E-state index contributed by atoms with van der Waals surface area (Å²) >= 11 is 5.54. The lowest BCUT2D eigenvalue weighted by Crippen LogP contribution is -1.91. The van der Waals surface area contributed by atoms with Gasteiger partial charge in [-0.25, -0.2) is 0 Å². The minimum Gasteiger partial charge on any atom is -0.376 e. The Kier molecular flexibility index (Phi) is 17.6. The Hall–Kier alpha value is -0.750. The van der Waals surface area contributed by atoms with E-state index in [1.807, 2.05) is 12.2 Å². The van der Waals surface area contributed by atoms with Crippen molar-refractivity contribution in [2.45, 2.75) is 51.9 Å². The van der Waals surface area contributed by atoms with E-state index in [-0.39, 0.29) is 0 Å². The molecule has 0 saturated heterocycles. The highest BCUT2D eigenvalue weighted by atomic mass is 35.5. The summed E-state index contributed by atoms with van der Waals surface area (Å²) in [4.78, 5) is 0. The van der Waals surface area contributed by atoms with Crippen LogP contribution in [0.1, 0.15) is 51.9 Å². The van der Waals surface area contributed by atoms with E-state index < -0.39 is 0 Å². The molecule has 0 atom stereocenters. The minimum absolute atomic E-state index is 0.629. The van der Waals surface area contributed by atoms with Crippen LogP contribution in [0, 0.1) is 0 Å². The lowest BCUT2D eigenvalue weighted by atomic mass is 10.2. The first-order chi connectivity index (χ1) is 9.91. The van der Waals surface area contributed by atoms with Crippen molar-refractivity contribution >= 4 is 11.6 Å². The number of alkyl halides is 1. The standard InChI is InChI=1S/C18H29ClO/c1-2-3-4-5-6-7-8-9-11-14-17-20-18-15-12-10-13-16-19/h6-7,9-11,15H,2-5,8,13-14,16-18H2,1H3. The zero-order valence-corrected chi connectivity index (χ0v) is 13.6. The van der Waals surface area contributed by atoms with E-state index in [0.29, 0.717) is 12.5 Å². The van der Waals surface area contributed by atoms with Crippen molar-refractivity contribution < 1.29 is 4.74 Å². The molecule has 0 bridgehead atoms. The van der Waals surface area contributed by atoms with Crippen LogP contribution >= 0.6 is 11.6 Å². The number of unbranched alkanes of at least 4 members (excludes halogenated alkanes) is 3. The molecule has 0 heterocycles. The van der Waals surface area contributed by atoms with Crippen molar-refractivity contribution in [1.82, 2.24) is 0 Å². The van der Waals surface area contributed by atoms with E-state index in [1.54, 1.807) is 0 Å². The Morgan fingerprint density at radius 2 is 1.75 bits per heavy atom. The first-order valence-corrected chi connectivity index (χ1v) is 8.28. The van der Waals surface area contributed by atoms with E-state index in [9.17, 15) is 0 Å². The number of ether oxygens (including phenoxy) is 1. The molecule has 0 aromatic rings. The molecule has 114 valence electrons. The van der Waals surface area contributed by atoms with Gasteiger partial charge in [-0.15, -0.1) is 17.3 Å². The SMILES string of the molecule is CCCCCC=CCC=CCCOCC=C=CCCCl. The van der Waals surface area contributed by atoms with Gasteiger partial charge in [-0.3, -0.25) is 0 Å². The summed E-state index contributed by atoms with van der Waals surface area (Å²) in [6.07, 6.45) is 20.8. The van der Waals surface area contributed by atoms with E-state index in [1.165, 1.54) is 25.7 Å². The molecule has 0 amide bonds. The molecule has 0 fully saturated rings. The van der Waals surface area contributed by atoms with E-state index in [4.69, 9.17) is 16.3 Å². The van der Waals surface area contributed by atoms with Crippen molar-refractivity contribution in [1.29, 1.82) is 0 Å². The van der Waals surface area contributed by atoms with Crippen molar-refractivity contribution in [2.75, 3.05) is 19.1 Å². The van der Waals surface area contributed by atoms with Crippen LogP contribution in [0.15, 0.2) is 42.2 Å². The third kappa shape index (κ3) is 17.2. The van der Waals surface area contributed by atoms with Gasteiger partial charge in [0.25, 0.3) is 0 Å². The lowest BCUT2D eigenvalue weighted by molar-refractivity contribution is 0.167. The topological polar surface area (TPSA) is 9.23 Å². The second kappa shape index (κ2) is 18.2. The molecule has 0 N–H and O–H groups in total. The summed E-state index contributed by atoms with van der Waals surface area (Å²) < 4.78 is 5.45. The third-order valence-corrected chi connectivity index (χ3v) is 2.92. The van der Waals surface area contributed by atoms with Gasteiger partial charge in [-0.1, -0.05) is 44.1 Å². The quantitative estimate of drug-likeness (QED) is 0.180. The largest absolute Gasteiger partial charge is 0.376 e. The zero-order chi connectivity index (χ0) is 14.7. The molecule has 0 aromatic heterocycles. The van der Waals surface area contributed by atoms with Crippen molar-refractivity contribution in [2.24, 2.45) is 0 Å². The fourth-order valence-electron chi connectivity index (χ4n) is 1.58. The monoisotopic (exact) mass is 296 g/mol. The molecule has 0 aliphatic rings. The molecule has 0 radical (unpaired) electrons. The fourth-order valence-corrected chi connectivity index (χ4v) is 1.69. The molecule has 0 aliphatic carbocycles. The second-order valence-corrected chi connectivity index (χ2v) is 4.97. The molecule has 0 unspecified atom stereocenters. The highest BCUT2D eigenvalue weighted by Crippen LogP contribution is 2.00. The van der Waals surface area contributed by atoms with E-state index in [0.717, 1.165) is 25.9 Å². The van der Waals surface area contributed by atoms with Crippen LogP contribution in [0.3, 0.4) is 0 Å². The Bertz CT molecular complexity index is 299. The highest BCUT2D eigenvalue weighted by Gasteiger charge is 1.82. The molecule has 0 spiro atoms. The lowest BCUT2D eigenvalue weighted by Gasteiger charge is -1.95. The van der Waals surface area contributed by atoms with Gasteiger partial charge in [0.15, 0.2) is 0 Å². The van der Waals surface area contributed by atoms with E-state index >= 15 is 0 Å². The van der Waals surface area contributed by atoms with Crippen LogP contribution in [0.5, 0.6) is 0 Å². The predicted octanol–water partition coefficient (Wildman–Crippen LogP) is 5.82. The average molecular weight is 297 g/mol. The van der Waals surface area contributed by atoms with Crippen LogP contribution in [0.4, 0.5) is 0 Å². The Balaban J connectivity index is 3.29. The first kappa shape index (κ1) is 19.2. The minimum atomic E-state index is 0.629. The Morgan fingerprint density at radius 3 is 2.50 bits per heavy atom. The van der Waals surface area contributed by atoms with Gasteiger partial charge in [0.05, 0.1) is 13.2 Å². The summed E-state index contributed by atoms with van der Waals surface area (Å²) in [6, 6.07) is 0. The van der Waals surface area contributed by atoms with Gasteiger partial charge in [0, 0.05) is 5.88 Å². The van der Waals surface area contributed by atoms with E-state index in [2.05, 4.69) is 37.0 Å². The van der Waals surface area contributed by atoms with Crippen molar-refractivity contribution in [3.05, 3.63) is 42.2 Å². The molecule has 2 heteroatoms. The fraction of sp³-hybridized carbons (Fsp3) is 0.611. The van der Waals surface area contributed by atoms with Crippen LogP contribution in [0.25, 0.3) is 0 Å². The molecular formula is C18H29ClO. The van der Waals surface area contributed by atoms with Gasteiger partial charge >= 0.3 is 0 Å². The van der Waals surface area contributed by atoms with Crippen LogP contribution in [-0.2, 0) is 4.74 Å². The van der Waals surface area contributed by atoms with Crippen LogP contribution < -0.4 is 0 Å². The Morgan fingerprint density at radius 1 is 0.950 bits per heavy atom. The maximum Gasteiger partial charge on any atom is 0.0721 e. The molecular weight excluding hydrogens is 268 g/mol. The van der Waals surface area contributed by atoms with Gasteiger partial charge in [0.1, 0.15) is 0 Å². The van der Waals surface area contributed by atoms with Gasteiger partial charge in [0.2, 0.25) is 0 Å². The van der Waals surface area contributed by atoms with Crippen molar-refractivity contribution in [3.63, 3.8) is 0 Å². The maximum absolute atomic E-state index is 5.54. The Labute approximate surface area is 130 Å². The summed E-state index contributed by atoms with van der Waals surface area (Å²) in [5, 5.41) is 0. The predicted molar refractivity (Wildman–Crippen MR) is 90.5 cm³/mol. The molecule has 0 rings (SSSR count). The summed E-state index contributed by atoms with van der Waals surface area (Å²) in [7, 11) is 0. The first-order valence-electron chi connectivity index (χ1n) is 7.75. The summed E-state index contributed by atoms with van der Waals surface area (Å²) in [6.45, 7) is 3.63. The molecule has 20 heavy (non-hydrogen) atoms. The molecule has 0 saturated carbocycles.